The molecule has 1 aliphatic rings. The first-order valence-corrected chi connectivity index (χ1v) is 10.8. The Morgan fingerprint density at radius 3 is 2.94 bits per heavy atom. The van der Waals surface area contributed by atoms with Gasteiger partial charge < -0.3 is 5.32 Å². The Hall–Kier alpha value is -2.86. The van der Waals surface area contributed by atoms with Crippen LogP contribution in [-0.4, -0.2) is 28.9 Å². The molecule has 4 nitrogen and oxygen atoms in total. The van der Waals surface area contributed by atoms with E-state index >= 15 is 0 Å². The van der Waals surface area contributed by atoms with Crippen molar-refractivity contribution in [3.8, 4) is 0 Å². The highest BCUT2D eigenvalue weighted by molar-refractivity contribution is 5.84. The third-order valence-electron chi connectivity index (χ3n) is 6.02. The molecule has 1 aromatic heterocycles. The number of amides is 1. The van der Waals surface area contributed by atoms with Crippen molar-refractivity contribution in [2.24, 2.45) is 5.92 Å². The second-order valence-electron chi connectivity index (χ2n) is 8.32. The molecule has 1 saturated heterocycles. The maximum Gasteiger partial charge on any atom is 0.220 e. The van der Waals surface area contributed by atoms with Crippen LogP contribution in [0.3, 0.4) is 0 Å². The van der Waals surface area contributed by atoms with Crippen LogP contribution >= 0.6 is 0 Å². The Balaban J connectivity index is 1.26. The highest BCUT2D eigenvalue weighted by Gasteiger charge is 2.21. The lowest BCUT2D eigenvalue weighted by Gasteiger charge is -2.33. The lowest BCUT2D eigenvalue weighted by molar-refractivity contribution is -0.121. The largest absolute Gasteiger partial charge is 0.352 e. The molecule has 0 unspecified atom stereocenters. The summed E-state index contributed by atoms with van der Waals surface area (Å²) in [6.45, 7) is 3.17. The summed E-state index contributed by atoms with van der Waals surface area (Å²) in [5, 5.41) is 5.21. The number of carbonyl (C=O) groups is 1. The number of aromatic nitrogens is 1. The highest BCUT2D eigenvalue weighted by Crippen LogP contribution is 2.25. The summed E-state index contributed by atoms with van der Waals surface area (Å²) >= 11 is 0. The summed E-state index contributed by atoms with van der Waals surface area (Å²) in [6, 6.07) is 12.1. The number of hydrogen-bond acceptors (Lipinski definition) is 3. The molecule has 1 atom stereocenters. The summed E-state index contributed by atoms with van der Waals surface area (Å²) in [4.78, 5) is 18.9. The molecule has 0 saturated carbocycles. The third kappa shape index (κ3) is 5.64. The Morgan fingerprint density at radius 1 is 1.16 bits per heavy atom. The number of nitrogens with one attached hydrogen (secondary N) is 1. The van der Waals surface area contributed by atoms with Crippen molar-refractivity contribution in [3.63, 3.8) is 0 Å². The predicted molar refractivity (Wildman–Crippen MR) is 117 cm³/mol. The van der Waals surface area contributed by atoms with Crippen LogP contribution in [0.4, 0.5) is 8.78 Å². The number of piperidine rings is 1. The van der Waals surface area contributed by atoms with E-state index in [-0.39, 0.29) is 12.5 Å². The first kappa shape index (κ1) is 21.4. The van der Waals surface area contributed by atoms with Gasteiger partial charge in [-0.1, -0.05) is 24.3 Å². The van der Waals surface area contributed by atoms with E-state index in [1.165, 1.54) is 17.0 Å². The monoisotopic (exact) mass is 423 g/mol. The summed E-state index contributed by atoms with van der Waals surface area (Å²) in [7, 11) is 0. The zero-order valence-electron chi connectivity index (χ0n) is 17.5. The number of halogens is 2. The summed E-state index contributed by atoms with van der Waals surface area (Å²) in [5.74, 6) is -1.34. The molecule has 0 spiro atoms. The van der Waals surface area contributed by atoms with Gasteiger partial charge in [0.05, 0.1) is 0 Å². The molecular weight excluding hydrogens is 396 g/mol. The van der Waals surface area contributed by atoms with Gasteiger partial charge in [0.2, 0.25) is 5.91 Å². The molecule has 0 aliphatic carbocycles. The zero-order chi connectivity index (χ0) is 21.6. The van der Waals surface area contributed by atoms with Gasteiger partial charge in [0.15, 0.2) is 11.6 Å². The molecule has 3 aromatic rings. The van der Waals surface area contributed by atoms with Gasteiger partial charge in [-0.25, -0.2) is 8.78 Å². The quantitative estimate of drug-likeness (QED) is 0.593. The van der Waals surface area contributed by atoms with Crippen molar-refractivity contribution < 1.29 is 13.6 Å². The SMILES string of the molecule is O=C(CC[C@H]1CCCN(Cc2cccc3cnccc23)C1)NCc1ccc(F)c(F)c1. The normalized spacial score (nSPS) is 17.0. The number of benzene rings is 2. The van der Waals surface area contributed by atoms with Gasteiger partial charge in [-0.2, -0.15) is 0 Å². The Kier molecular flexibility index (Phi) is 6.87. The summed E-state index contributed by atoms with van der Waals surface area (Å²) in [6.07, 6.45) is 7.28. The lowest BCUT2D eigenvalue weighted by Crippen LogP contribution is -2.35. The van der Waals surface area contributed by atoms with E-state index in [1.54, 1.807) is 0 Å². The molecule has 2 heterocycles. The van der Waals surface area contributed by atoms with Crippen molar-refractivity contribution in [1.82, 2.24) is 15.2 Å². The second kappa shape index (κ2) is 9.96. The van der Waals surface area contributed by atoms with E-state index in [9.17, 15) is 13.6 Å². The summed E-state index contributed by atoms with van der Waals surface area (Å²) in [5.41, 5.74) is 1.87. The topological polar surface area (TPSA) is 45.2 Å². The molecule has 0 radical (unpaired) electrons. The van der Waals surface area contributed by atoms with Gasteiger partial charge in [0, 0.05) is 43.8 Å². The number of fused-ring (bicyclic) bond motifs is 1. The number of likely N-dealkylation sites (tertiary alicyclic amines) is 1. The fraction of sp³-hybridized carbons (Fsp3) is 0.360. The first-order chi connectivity index (χ1) is 15.1. The molecule has 162 valence electrons. The predicted octanol–water partition coefficient (Wildman–Crippen LogP) is 4.82. The standard InChI is InChI=1S/C25H27F2N3O/c26-23-8-6-19(13-24(23)27)14-29-25(31)9-7-18-3-2-12-30(16-18)17-21-5-1-4-20-15-28-11-10-22(20)21/h1,4-6,8,10-11,13,15,18H,2-3,7,9,12,14,16-17H2,(H,29,31)/t18-/m1/s1. The van der Waals surface area contributed by atoms with E-state index in [4.69, 9.17) is 0 Å². The van der Waals surface area contributed by atoms with E-state index in [1.807, 2.05) is 12.4 Å². The fourth-order valence-corrected chi connectivity index (χ4v) is 4.37. The second-order valence-corrected chi connectivity index (χ2v) is 8.32. The van der Waals surface area contributed by atoms with E-state index < -0.39 is 11.6 Å². The van der Waals surface area contributed by atoms with Crippen molar-refractivity contribution in [2.45, 2.75) is 38.8 Å². The minimum atomic E-state index is -0.892. The Morgan fingerprint density at radius 2 is 2.06 bits per heavy atom. The molecule has 2 aromatic carbocycles. The van der Waals surface area contributed by atoms with E-state index in [0.717, 1.165) is 56.4 Å². The molecular formula is C25H27F2N3O. The molecule has 0 bridgehead atoms. The highest BCUT2D eigenvalue weighted by atomic mass is 19.2. The third-order valence-corrected chi connectivity index (χ3v) is 6.02. The van der Waals surface area contributed by atoms with Crippen LogP contribution in [-0.2, 0) is 17.9 Å². The average Bonchev–Trinajstić information content (AvgIpc) is 2.79. The average molecular weight is 424 g/mol. The van der Waals surface area contributed by atoms with Gasteiger partial charge >= 0.3 is 0 Å². The van der Waals surface area contributed by atoms with Crippen molar-refractivity contribution in [1.29, 1.82) is 0 Å². The maximum absolute atomic E-state index is 13.3. The minimum Gasteiger partial charge on any atom is -0.352 e. The smallest absolute Gasteiger partial charge is 0.220 e. The van der Waals surface area contributed by atoms with Crippen LogP contribution in [0, 0.1) is 17.6 Å². The van der Waals surface area contributed by atoms with Crippen LogP contribution in [0.1, 0.15) is 36.8 Å². The van der Waals surface area contributed by atoms with Crippen LogP contribution in [0.25, 0.3) is 10.8 Å². The lowest BCUT2D eigenvalue weighted by atomic mass is 9.92. The van der Waals surface area contributed by atoms with E-state index in [0.29, 0.717) is 17.9 Å². The molecule has 1 aliphatic heterocycles. The van der Waals surface area contributed by atoms with Crippen LogP contribution in [0.5, 0.6) is 0 Å². The van der Waals surface area contributed by atoms with Gasteiger partial charge in [0.1, 0.15) is 0 Å². The number of rotatable bonds is 7. The molecule has 1 fully saturated rings. The fourth-order valence-electron chi connectivity index (χ4n) is 4.37. The number of carbonyl (C=O) groups excluding carboxylic acids is 1. The zero-order valence-corrected chi connectivity index (χ0v) is 17.5. The summed E-state index contributed by atoms with van der Waals surface area (Å²) < 4.78 is 26.3. The van der Waals surface area contributed by atoms with Crippen LogP contribution < -0.4 is 5.32 Å². The van der Waals surface area contributed by atoms with Gasteiger partial charge in [0.25, 0.3) is 0 Å². The molecule has 1 amide bonds. The molecule has 4 rings (SSSR count). The number of hydrogen-bond donors (Lipinski definition) is 1. The number of nitrogens with zero attached hydrogens (tertiary/aromatic N) is 2. The van der Waals surface area contributed by atoms with Gasteiger partial charge in [-0.3, -0.25) is 14.7 Å². The number of pyridine rings is 1. The van der Waals surface area contributed by atoms with E-state index in [2.05, 4.69) is 39.5 Å². The van der Waals surface area contributed by atoms with Crippen molar-refractivity contribution in [3.05, 3.63) is 77.6 Å². The van der Waals surface area contributed by atoms with Gasteiger partial charge in [-0.05, 0) is 66.4 Å². The van der Waals surface area contributed by atoms with Gasteiger partial charge in [-0.15, -0.1) is 0 Å². The molecule has 1 N–H and O–H groups in total. The van der Waals surface area contributed by atoms with Crippen LogP contribution in [0.15, 0.2) is 54.9 Å². The van der Waals surface area contributed by atoms with Crippen molar-refractivity contribution >= 4 is 16.7 Å². The first-order valence-electron chi connectivity index (χ1n) is 10.8. The molecule has 6 heteroatoms. The maximum atomic E-state index is 13.3. The Bertz CT molecular complexity index is 1050. The Labute approximate surface area is 181 Å². The molecule has 31 heavy (non-hydrogen) atoms. The van der Waals surface area contributed by atoms with Crippen molar-refractivity contribution in [2.75, 3.05) is 13.1 Å². The van der Waals surface area contributed by atoms with Crippen LogP contribution in [0.2, 0.25) is 0 Å². The minimum absolute atomic E-state index is 0.0524.